The first-order valence-electron chi connectivity index (χ1n) is 7.37. The van der Waals surface area contributed by atoms with Crippen molar-refractivity contribution in [3.63, 3.8) is 0 Å². The fraction of sp³-hybridized carbons (Fsp3) is 0.562. The fourth-order valence-electron chi connectivity index (χ4n) is 2.44. The van der Waals surface area contributed by atoms with Gasteiger partial charge in [-0.25, -0.2) is 0 Å². The lowest BCUT2D eigenvalue weighted by molar-refractivity contribution is -0.140. The van der Waals surface area contributed by atoms with Crippen LogP contribution >= 0.6 is 0 Å². The van der Waals surface area contributed by atoms with Gasteiger partial charge >= 0.3 is 13.1 Å². The lowest BCUT2D eigenvalue weighted by Crippen LogP contribution is -2.41. The maximum atomic E-state index is 11.8. The Morgan fingerprint density at radius 1 is 1.27 bits per heavy atom. The third kappa shape index (κ3) is 3.28. The average molecular weight is 306 g/mol. The molecule has 1 N–H and O–H groups in total. The van der Waals surface area contributed by atoms with Crippen molar-refractivity contribution in [3.8, 4) is 5.75 Å². The number of carbonyl (C=O) groups excluding carboxylic acids is 1. The number of benzene rings is 1. The van der Waals surface area contributed by atoms with Crippen LogP contribution in [0.5, 0.6) is 5.75 Å². The van der Waals surface area contributed by atoms with Crippen LogP contribution in [0, 0.1) is 0 Å². The van der Waals surface area contributed by atoms with Crippen molar-refractivity contribution in [3.05, 3.63) is 29.8 Å². The summed E-state index contributed by atoms with van der Waals surface area (Å²) >= 11 is 0. The van der Waals surface area contributed by atoms with E-state index in [9.17, 15) is 9.90 Å². The topological polar surface area (TPSA) is 65.0 Å². The summed E-state index contributed by atoms with van der Waals surface area (Å²) in [5.74, 6) is -0.549. The molecule has 1 aliphatic rings. The molecule has 1 aromatic rings. The summed E-state index contributed by atoms with van der Waals surface area (Å²) in [6, 6.07) is 6.79. The first kappa shape index (κ1) is 16.8. The molecule has 5 nitrogen and oxygen atoms in total. The molecular formula is C16H23BO5. The number of hydrogen-bond acceptors (Lipinski definition) is 5. The zero-order valence-corrected chi connectivity index (χ0v) is 13.8. The summed E-state index contributed by atoms with van der Waals surface area (Å²) in [7, 11) is 0.775. The van der Waals surface area contributed by atoms with E-state index in [-0.39, 0.29) is 24.0 Å². The Hall–Kier alpha value is -1.53. The zero-order valence-electron chi connectivity index (χ0n) is 13.8. The van der Waals surface area contributed by atoms with Crippen LogP contribution in [0.2, 0.25) is 0 Å². The zero-order chi connectivity index (χ0) is 16.5. The Morgan fingerprint density at radius 2 is 1.86 bits per heavy atom. The van der Waals surface area contributed by atoms with Gasteiger partial charge in [-0.3, -0.25) is 4.79 Å². The highest BCUT2D eigenvalue weighted by Gasteiger charge is 2.54. The van der Waals surface area contributed by atoms with E-state index in [1.165, 1.54) is 7.11 Å². The van der Waals surface area contributed by atoms with Crippen LogP contribution in [-0.2, 0) is 18.8 Å². The molecule has 1 aromatic carbocycles. The fourth-order valence-corrected chi connectivity index (χ4v) is 2.44. The van der Waals surface area contributed by atoms with Crippen LogP contribution in [0.3, 0.4) is 0 Å². The molecule has 0 aliphatic carbocycles. The largest absolute Gasteiger partial charge is 0.508 e. The van der Waals surface area contributed by atoms with Gasteiger partial charge in [-0.1, -0.05) is 12.1 Å². The number of aromatic hydroxyl groups is 1. The number of rotatable bonds is 4. The van der Waals surface area contributed by atoms with E-state index >= 15 is 0 Å². The number of carbonyl (C=O) groups is 1. The van der Waals surface area contributed by atoms with Crippen molar-refractivity contribution in [2.75, 3.05) is 7.11 Å². The molecule has 22 heavy (non-hydrogen) atoms. The summed E-state index contributed by atoms with van der Waals surface area (Å²) in [5, 5.41) is 9.70. The van der Waals surface area contributed by atoms with E-state index in [2.05, 4.69) is 0 Å². The summed E-state index contributed by atoms with van der Waals surface area (Å²) in [4.78, 5) is 11.8. The van der Waals surface area contributed by atoms with Gasteiger partial charge in [0.2, 0.25) is 0 Å². The first-order chi connectivity index (χ1) is 10.2. The molecule has 1 aliphatic heterocycles. The Bertz CT molecular complexity index is 539. The quantitative estimate of drug-likeness (QED) is 0.684. The van der Waals surface area contributed by atoms with Crippen molar-refractivity contribution >= 4 is 13.1 Å². The Labute approximate surface area is 131 Å². The Morgan fingerprint density at radius 3 is 2.36 bits per heavy atom. The minimum Gasteiger partial charge on any atom is -0.508 e. The normalized spacial score (nSPS) is 20.7. The summed E-state index contributed by atoms with van der Waals surface area (Å²) in [5.41, 5.74) is -0.185. The molecule has 0 aromatic heterocycles. The number of methoxy groups -OCH3 is 1. The van der Waals surface area contributed by atoms with Crippen LogP contribution in [0.25, 0.3) is 0 Å². The maximum absolute atomic E-state index is 11.8. The lowest BCUT2D eigenvalue weighted by atomic mass is 9.66. The van der Waals surface area contributed by atoms with Gasteiger partial charge in [0, 0.05) is 5.82 Å². The van der Waals surface area contributed by atoms with Gasteiger partial charge in [-0.15, -0.1) is 0 Å². The maximum Gasteiger partial charge on any atom is 0.466 e. The van der Waals surface area contributed by atoms with Crippen molar-refractivity contribution in [1.29, 1.82) is 0 Å². The van der Waals surface area contributed by atoms with Gasteiger partial charge in [0.1, 0.15) is 5.75 Å². The molecule has 0 amide bonds. The molecule has 0 spiro atoms. The van der Waals surface area contributed by atoms with Crippen LogP contribution in [0.1, 0.15) is 45.5 Å². The van der Waals surface area contributed by atoms with Gasteiger partial charge in [0.15, 0.2) is 0 Å². The molecule has 0 bridgehead atoms. The highest BCUT2D eigenvalue weighted by atomic mass is 16.7. The van der Waals surface area contributed by atoms with Crippen LogP contribution in [-0.4, -0.2) is 36.5 Å². The van der Waals surface area contributed by atoms with Crippen molar-refractivity contribution in [1.82, 2.24) is 0 Å². The molecule has 1 atom stereocenters. The van der Waals surface area contributed by atoms with Gasteiger partial charge in [0.25, 0.3) is 0 Å². The standard InChI is InChI=1S/C16H23BO5/c1-15(2)16(3,4)22-17(21-15)13(10-14(19)20-5)11-7-6-8-12(18)9-11/h6-9,13,18H,10H2,1-5H3. The molecule has 1 saturated heterocycles. The third-order valence-corrected chi connectivity index (χ3v) is 4.51. The number of esters is 1. The van der Waals surface area contributed by atoms with E-state index in [1.807, 2.05) is 33.8 Å². The predicted octanol–water partition coefficient (Wildman–Crippen LogP) is 2.67. The number of phenolic OH excluding ortho intramolecular Hbond substituents is 1. The van der Waals surface area contributed by atoms with E-state index in [0.29, 0.717) is 0 Å². The second kappa shape index (κ2) is 5.93. The SMILES string of the molecule is COC(=O)CC(B1OC(C)(C)C(C)(C)O1)c1cccc(O)c1. The van der Waals surface area contributed by atoms with E-state index < -0.39 is 18.3 Å². The molecule has 1 unspecified atom stereocenters. The highest BCUT2D eigenvalue weighted by molar-refractivity contribution is 6.48. The van der Waals surface area contributed by atoms with Crippen molar-refractivity contribution in [2.24, 2.45) is 0 Å². The summed E-state index contributed by atoms with van der Waals surface area (Å²) in [6.07, 6.45) is 0.122. The number of phenols is 1. The molecule has 2 rings (SSSR count). The van der Waals surface area contributed by atoms with Crippen molar-refractivity contribution in [2.45, 2.75) is 51.1 Å². The minimum absolute atomic E-state index is 0.122. The summed E-state index contributed by atoms with van der Waals surface area (Å²) < 4.78 is 16.9. The van der Waals surface area contributed by atoms with Crippen LogP contribution in [0.15, 0.2) is 24.3 Å². The van der Waals surface area contributed by atoms with Gasteiger partial charge in [-0.05, 0) is 45.4 Å². The first-order valence-corrected chi connectivity index (χ1v) is 7.37. The molecular weight excluding hydrogens is 283 g/mol. The van der Waals surface area contributed by atoms with E-state index in [4.69, 9.17) is 14.0 Å². The van der Waals surface area contributed by atoms with E-state index in [1.54, 1.807) is 18.2 Å². The van der Waals surface area contributed by atoms with E-state index in [0.717, 1.165) is 5.56 Å². The van der Waals surface area contributed by atoms with Crippen molar-refractivity contribution < 1.29 is 23.9 Å². The van der Waals surface area contributed by atoms with Gasteiger partial charge in [0.05, 0.1) is 24.7 Å². The second-order valence-corrected chi connectivity index (χ2v) is 6.61. The molecule has 1 fully saturated rings. The van der Waals surface area contributed by atoms with Crippen LogP contribution in [0.4, 0.5) is 0 Å². The third-order valence-electron chi connectivity index (χ3n) is 4.51. The minimum atomic E-state index is -0.578. The highest BCUT2D eigenvalue weighted by Crippen LogP contribution is 2.42. The Kier molecular flexibility index (Phi) is 4.54. The van der Waals surface area contributed by atoms with Gasteiger partial charge < -0.3 is 19.2 Å². The second-order valence-electron chi connectivity index (χ2n) is 6.61. The van der Waals surface area contributed by atoms with Gasteiger partial charge in [-0.2, -0.15) is 0 Å². The molecule has 0 saturated carbocycles. The monoisotopic (exact) mass is 306 g/mol. The van der Waals surface area contributed by atoms with Crippen LogP contribution < -0.4 is 0 Å². The Balaban J connectivity index is 2.32. The lowest BCUT2D eigenvalue weighted by Gasteiger charge is -2.32. The average Bonchev–Trinajstić information content (AvgIpc) is 2.64. The number of ether oxygens (including phenoxy) is 1. The molecule has 120 valence electrons. The predicted molar refractivity (Wildman–Crippen MR) is 83.6 cm³/mol. The number of hydrogen-bond donors (Lipinski definition) is 1. The summed E-state index contributed by atoms with van der Waals surface area (Å²) in [6.45, 7) is 7.85. The smallest absolute Gasteiger partial charge is 0.466 e. The molecule has 0 radical (unpaired) electrons. The molecule has 1 heterocycles. The molecule has 6 heteroatoms.